The fourth-order valence-corrected chi connectivity index (χ4v) is 1.19. The van der Waals surface area contributed by atoms with Gasteiger partial charge >= 0.3 is 45.5 Å². The quantitative estimate of drug-likeness (QED) is 0.153. The van der Waals surface area contributed by atoms with E-state index in [0.29, 0.717) is 0 Å². The second-order valence-corrected chi connectivity index (χ2v) is 5.36. The Labute approximate surface area is 157 Å². The maximum absolute atomic E-state index is 10.7. The maximum Gasteiger partial charge on any atom is 2.00 e. The molecular weight excluding hydrogens is 421 g/mol. The molecule has 0 amide bonds. The van der Waals surface area contributed by atoms with Crippen LogP contribution >= 0.6 is 16.5 Å². The van der Waals surface area contributed by atoms with E-state index in [-0.39, 0.29) is 54.6 Å². The van der Waals surface area contributed by atoms with Crippen molar-refractivity contribution in [2.24, 2.45) is 0 Å². The molecule has 0 fully saturated rings. The predicted molar refractivity (Wildman–Crippen MR) is 78.7 cm³/mol. The van der Waals surface area contributed by atoms with Crippen LogP contribution in [0, 0.1) is 0 Å². The summed E-state index contributed by atoms with van der Waals surface area (Å²) in [5.41, 5.74) is 0.531. The van der Waals surface area contributed by atoms with Gasteiger partial charge in [-0.2, -0.15) is 0 Å². The Balaban J connectivity index is -0.000000372. The van der Waals surface area contributed by atoms with Crippen molar-refractivity contribution in [3.8, 4) is 0 Å². The Hall–Kier alpha value is -1.02. The van der Waals surface area contributed by atoms with E-state index >= 15 is 0 Å². The molecular formula is C12H18MnO10P2+2. The summed E-state index contributed by atoms with van der Waals surface area (Å²) in [7, 11) is -5.72. The standard InChI is InChI=1S/2C6H9O5P.Mn/c2*1-5(2)6(7)10-3-4-11-12(8)9;/h2*1,3-4H2,2H3;/q;;+2. The van der Waals surface area contributed by atoms with E-state index in [1.54, 1.807) is 0 Å². The molecule has 0 aliphatic carbocycles. The topological polar surface area (TPSA) is 151 Å². The Morgan fingerprint density at radius 2 is 1.08 bits per heavy atom. The minimum absolute atomic E-state index is 0. The number of ether oxygens (including phenoxy) is 2. The number of hydrogen-bond donors (Lipinski definition) is 0. The van der Waals surface area contributed by atoms with Gasteiger partial charge in [0.25, 0.3) is 0 Å². The van der Waals surface area contributed by atoms with Gasteiger partial charge < -0.3 is 19.3 Å². The number of carbonyl (C=O) groups is 2. The van der Waals surface area contributed by atoms with Gasteiger partial charge in [-0.05, 0) is 23.0 Å². The third kappa shape index (κ3) is 23.0. The molecule has 141 valence electrons. The smallest absolute Gasteiger partial charge is 0.566 e. The summed E-state index contributed by atoms with van der Waals surface area (Å²) < 4.78 is 37.0. The number of carbonyl (C=O) groups excluding carboxylic acids is 2. The van der Waals surface area contributed by atoms with E-state index < -0.39 is 28.4 Å². The largest absolute Gasteiger partial charge is 2.00 e. The molecule has 25 heavy (non-hydrogen) atoms. The molecule has 0 aliphatic heterocycles. The van der Waals surface area contributed by atoms with Crippen LogP contribution in [-0.2, 0) is 54.3 Å². The molecule has 0 N–H and O–H groups in total. The van der Waals surface area contributed by atoms with Crippen molar-refractivity contribution in [1.29, 1.82) is 0 Å². The minimum atomic E-state index is -2.86. The van der Waals surface area contributed by atoms with Crippen LogP contribution in [0.15, 0.2) is 24.3 Å². The van der Waals surface area contributed by atoms with Crippen LogP contribution in [0.2, 0.25) is 0 Å². The molecule has 0 aromatic rings. The van der Waals surface area contributed by atoms with Crippen LogP contribution in [0.4, 0.5) is 0 Å². The maximum atomic E-state index is 10.7. The molecule has 0 aromatic carbocycles. The van der Waals surface area contributed by atoms with Gasteiger partial charge in [-0.1, -0.05) is 13.2 Å². The van der Waals surface area contributed by atoms with Gasteiger partial charge in [-0.15, -0.1) is 9.05 Å². The van der Waals surface area contributed by atoms with Crippen molar-refractivity contribution in [1.82, 2.24) is 0 Å². The van der Waals surface area contributed by atoms with E-state index in [1.807, 2.05) is 0 Å². The SMILES string of the molecule is C=C(C)C(=O)OCCO[P+](=O)[O-].C=C(C)C(=O)OCCO[P+](=O)[O-].[Mn+2]. The van der Waals surface area contributed by atoms with Crippen LogP contribution in [0.1, 0.15) is 13.8 Å². The van der Waals surface area contributed by atoms with Gasteiger partial charge in [0.05, 0.1) is 0 Å². The number of esters is 2. The Morgan fingerprint density at radius 1 is 0.800 bits per heavy atom. The van der Waals surface area contributed by atoms with Crippen molar-refractivity contribution >= 4 is 28.4 Å². The van der Waals surface area contributed by atoms with Crippen LogP contribution in [0.5, 0.6) is 0 Å². The van der Waals surface area contributed by atoms with E-state index in [0.717, 1.165) is 0 Å². The summed E-state index contributed by atoms with van der Waals surface area (Å²) in [5, 5.41) is 0. The first-order chi connectivity index (χ1) is 11.1. The molecule has 2 atom stereocenters. The van der Waals surface area contributed by atoms with E-state index in [4.69, 9.17) is 0 Å². The number of rotatable bonds is 10. The molecule has 2 unspecified atom stereocenters. The van der Waals surface area contributed by atoms with Crippen molar-refractivity contribution in [2.75, 3.05) is 26.4 Å². The van der Waals surface area contributed by atoms with Crippen molar-refractivity contribution in [3.63, 3.8) is 0 Å². The fraction of sp³-hybridized carbons (Fsp3) is 0.500. The third-order valence-electron chi connectivity index (χ3n) is 1.72. The summed E-state index contributed by atoms with van der Waals surface area (Å²) in [6.45, 7) is 9.18. The third-order valence-corrected chi connectivity index (χ3v) is 2.51. The van der Waals surface area contributed by atoms with Gasteiger partial charge in [0, 0.05) is 11.1 Å². The van der Waals surface area contributed by atoms with Crippen LogP contribution in [-0.4, -0.2) is 38.4 Å². The molecule has 1 radical (unpaired) electrons. The number of hydrogen-bond acceptors (Lipinski definition) is 10. The zero-order valence-electron chi connectivity index (χ0n) is 13.6. The second-order valence-electron chi connectivity index (χ2n) is 3.95. The Bertz CT molecular complexity index is 450. The Morgan fingerprint density at radius 3 is 1.28 bits per heavy atom. The van der Waals surface area contributed by atoms with Crippen molar-refractivity contribution in [3.05, 3.63) is 24.3 Å². The fourth-order valence-electron chi connectivity index (χ4n) is 0.739. The molecule has 13 heteroatoms. The predicted octanol–water partition coefficient (Wildman–Crippen LogP) is 0.277. The molecule has 0 spiro atoms. The molecule has 0 saturated carbocycles. The van der Waals surface area contributed by atoms with Gasteiger partial charge in [-0.3, -0.25) is 0 Å². The average molecular weight is 439 g/mol. The van der Waals surface area contributed by atoms with E-state index in [2.05, 4.69) is 31.7 Å². The summed E-state index contributed by atoms with van der Waals surface area (Å²) in [6, 6.07) is 0. The van der Waals surface area contributed by atoms with Crippen LogP contribution in [0.3, 0.4) is 0 Å². The van der Waals surface area contributed by atoms with E-state index in [1.165, 1.54) is 13.8 Å². The van der Waals surface area contributed by atoms with Gasteiger partial charge in [-0.25, -0.2) is 9.59 Å². The molecule has 0 saturated heterocycles. The summed E-state index contributed by atoms with van der Waals surface area (Å²) in [5.74, 6) is -1.11. The zero-order valence-corrected chi connectivity index (χ0v) is 16.6. The molecule has 0 heterocycles. The normalized spacial score (nSPS) is 10.2. The molecule has 0 rings (SSSR count). The van der Waals surface area contributed by atoms with E-state index in [9.17, 15) is 28.5 Å². The zero-order chi connectivity index (χ0) is 19.1. The van der Waals surface area contributed by atoms with Crippen molar-refractivity contribution < 1.29 is 64.1 Å². The van der Waals surface area contributed by atoms with Crippen LogP contribution < -0.4 is 9.79 Å². The molecule has 10 nitrogen and oxygen atoms in total. The average Bonchev–Trinajstić information content (AvgIpc) is 2.47. The first-order valence-corrected chi connectivity index (χ1v) is 8.46. The van der Waals surface area contributed by atoms with Crippen molar-refractivity contribution in [2.45, 2.75) is 13.8 Å². The second kappa shape index (κ2) is 17.8. The molecule has 0 aromatic heterocycles. The first-order valence-electron chi connectivity index (χ1n) is 6.27. The van der Waals surface area contributed by atoms with Gasteiger partial charge in [0.15, 0.2) is 0 Å². The summed E-state index contributed by atoms with van der Waals surface area (Å²) >= 11 is 0. The Kier molecular flexibility index (Phi) is 20.5. The van der Waals surface area contributed by atoms with Gasteiger partial charge in [0.2, 0.25) is 0 Å². The van der Waals surface area contributed by atoms with Gasteiger partial charge in [0.1, 0.15) is 26.4 Å². The molecule has 0 bridgehead atoms. The molecule has 0 aliphatic rings. The summed E-state index contributed by atoms with van der Waals surface area (Å²) in [4.78, 5) is 41.0. The minimum Gasteiger partial charge on any atom is -0.566 e. The summed E-state index contributed by atoms with van der Waals surface area (Å²) in [6.07, 6.45) is 0. The van der Waals surface area contributed by atoms with Crippen LogP contribution in [0.25, 0.3) is 0 Å². The first kappa shape index (κ1) is 28.8. The monoisotopic (exact) mass is 439 g/mol.